The molecule has 0 aliphatic carbocycles. The van der Waals surface area contributed by atoms with Gasteiger partial charge in [-0.2, -0.15) is 0 Å². The lowest BCUT2D eigenvalue weighted by atomic mass is 10.5. The molecule has 0 N–H and O–H groups in total. The molecular formula is C6H13NO. The van der Waals surface area contributed by atoms with E-state index in [4.69, 9.17) is 4.74 Å². The third kappa shape index (κ3) is 5.63. The van der Waals surface area contributed by atoms with Crippen LogP contribution in [0.15, 0.2) is 4.99 Å². The second kappa shape index (κ2) is 6.63. The number of nitrogens with zero attached hydrogens (tertiary/aromatic N) is 1. The van der Waals surface area contributed by atoms with Crippen LogP contribution in [-0.2, 0) is 4.74 Å². The molecule has 0 aromatic heterocycles. The van der Waals surface area contributed by atoms with Crippen LogP contribution in [0.1, 0.15) is 13.3 Å². The van der Waals surface area contributed by atoms with Crippen LogP contribution < -0.4 is 0 Å². The van der Waals surface area contributed by atoms with Crippen LogP contribution in [0, 0.1) is 0 Å². The molecule has 0 radical (unpaired) electrons. The Morgan fingerprint density at radius 3 is 2.88 bits per heavy atom. The highest BCUT2D eigenvalue weighted by Gasteiger charge is 1.80. The molecule has 2 heteroatoms. The third-order valence-corrected chi connectivity index (χ3v) is 0.809. The van der Waals surface area contributed by atoms with Crippen molar-refractivity contribution in [3.05, 3.63) is 0 Å². The molecule has 8 heavy (non-hydrogen) atoms. The van der Waals surface area contributed by atoms with Crippen molar-refractivity contribution >= 4 is 6.72 Å². The van der Waals surface area contributed by atoms with Crippen LogP contribution >= 0.6 is 0 Å². The van der Waals surface area contributed by atoms with Crippen LogP contribution in [0.25, 0.3) is 0 Å². The first-order chi connectivity index (χ1) is 3.91. The van der Waals surface area contributed by atoms with Crippen molar-refractivity contribution in [1.82, 2.24) is 0 Å². The van der Waals surface area contributed by atoms with Gasteiger partial charge in [0.2, 0.25) is 0 Å². The molecule has 0 aliphatic rings. The van der Waals surface area contributed by atoms with Gasteiger partial charge in [-0.25, -0.2) is 0 Å². The smallest absolute Gasteiger partial charge is 0.0483 e. The number of ether oxygens (including phenoxy) is 1. The summed E-state index contributed by atoms with van der Waals surface area (Å²) < 4.78 is 5.05. The lowest BCUT2D eigenvalue weighted by Gasteiger charge is -1.95. The summed E-state index contributed by atoms with van der Waals surface area (Å²) in [5.74, 6) is 0. The highest BCUT2D eigenvalue weighted by Crippen LogP contribution is 1.81. The zero-order chi connectivity index (χ0) is 6.24. The lowest BCUT2D eigenvalue weighted by molar-refractivity contribution is 0.146. The molecule has 0 bridgehead atoms. The monoisotopic (exact) mass is 115 g/mol. The zero-order valence-electron chi connectivity index (χ0n) is 5.39. The predicted octanol–water partition coefficient (Wildman–Crippen LogP) is 1.11. The first-order valence-corrected chi connectivity index (χ1v) is 2.92. The minimum Gasteiger partial charge on any atom is -0.382 e. The number of hydrogen-bond acceptors (Lipinski definition) is 2. The Balaban J connectivity index is 2.62. The van der Waals surface area contributed by atoms with E-state index in [2.05, 4.69) is 11.7 Å². The van der Waals surface area contributed by atoms with Gasteiger partial charge >= 0.3 is 0 Å². The molecule has 0 rings (SSSR count). The number of aliphatic imine (C=N–C) groups is 1. The van der Waals surface area contributed by atoms with E-state index >= 15 is 0 Å². The van der Waals surface area contributed by atoms with Crippen molar-refractivity contribution in [3.8, 4) is 0 Å². The molecule has 0 saturated heterocycles. The van der Waals surface area contributed by atoms with Gasteiger partial charge in [-0.1, -0.05) is 0 Å². The van der Waals surface area contributed by atoms with Crippen molar-refractivity contribution in [2.24, 2.45) is 4.99 Å². The molecule has 0 aromatic carbocycles. The van der Waals surface area contributed by atoms with E-state index in [9.17, 15) is 0 Å². The summed E-state index contributed by atoms with van der Waals surface area (Å²) in [6, 6.07) is 0. The van der Waals surface area contributed by atoms with Crippen LogP contribution in [-0.4, -0.2) is 26.5 Å². The zero-order valence-corrected chi connectivity index (χ0v) is 5.39. The molecule has 48 valence electrons. The van der Waals surface area contributed by atoms with Gasteiger partial charge in [0.05, 0.1) is 0 Å². The van der Waals surface area contributed by atoms with E-state index < -0.39 is 0 Å². The second-order valence-corrected chi connectivity index (χ2v) is 1.50. The summed E-state index contributed by atoms with van der Waals surface area (Å²) in [5.41, 5.74) is 0. The van der Waals surface area contributed by atoms with Crippen LogP contribution in [0.2, 0.25) is 0 Å². The van der Waals surface area contributed by atoms with Crippen LogP contribution in [0.5, 0.6) is 0 Å². The van der Waals surface area contributed by atoms with Crippen molar-refractivity contribution in [3.63, 3.8) is 0 Å². The molecule has 0 amide bonds. The summed E-state index contributed by atoms with van der Waals surface area (Å²) in [4.78, 5) is 3.68. The minimum absolute atomic E-state index is 0.803. The Morgan fingerprint density at radius 2 is 2.38 bits per heavy atom. The van der Waals surface area contributed by atoms with Gasteiger partial charge in [0, 0.05) is 19.8 Å². The summed E-state index contributed by atoms with van der Waals surface area (Å²) >= 11 is 0. The maximum atomic E-state index is 5.05. The normalized spacial score (nSPS) is 9.12. The van der Waals surface area contributed by atoms with Crippen molar-refractivity contribution in [2.45, 2.75) is 13.3 Å². The molecule has 0 fully saturated rings. The van der Waals surface area contributed by atoms with Gasteiger partial charge in [0.25, 0.3) is 0 Å². The molecule has 0 atom stereocenters. The second-order valence-electron chi connectivity index (χ2n) is 1.50. The molecule has 2 nitrogen and oxygen atoms in total. The average molecular weight is 115 g/mol. The molecule has 0 aliphatic heterocycles. The Bertz CT molecular complexity index is 54.5. The van der Waals surface area contributed by atoms with Gasteiger partial charge in [-0.05, 0) is 20.1 Å². The molecular weight excluding hydrogens is 102 g/mol. The van der Waals surface area contributed by atoms with E-state index in [-0.39, 0.29) is 0 Å². The van der Waals surface area contributed by atoms with E-state index in [0.29, 0.717) is 0 Å². The fourth-order valence-electron chi connectivity index (χ4n) is 0.423. The van der Waals surface area contributed by atoms with Crippen molar-refractivity contribution in [2.75, 3.05) is 19.8 Å². The maximum Gasteiger partial charge on any atom is 0.0483 e. The average Bonchev–Trinajstić information content (AvgIpc) is 1.81. The Morgan fingerprint density at radius 1 is 1.62 bits per heavy atom. The van der Waals surface area contributed by atoms with Gasteiger partial charge in [-0.15, -0.1) is 0 Å². The lowest BCUT2D eigenvalue weighted by Crippen LogP contribution is -1.94. The SMILES string of the molecule is C=NCCCOCC. The predicted molar refractivity (Wildman–Crippen MR) is 35.5 cm³/mol. The number of rotatable bonds is 5. The fraction of sp³-hybridized carbons (Fsp3) is 0.833. The quantitative estimate of drug-likeness (QED) is 0.388. The minimum atomic E-state index is 0.803. The molecule has 0 aromatic rings. The van der Waals surface area contributed by atoms with Crippen LogP contribution in [0.3, 0.4) is 0 Å². The first-order valence-electron chi connectivity index (χ1n) is 2.92. The highest BCUT2D eigenvalue weighted by molar-refractivity contribution is 5.22. The third-order valence-electron chi connectivity index (χ3n) is 0.809. The maximum absolute atomic E-state index is 5.05. The summed E-state index contributed by atoms with van der Waals surface area (Å²) in [6.45, 7) is 7.78. The highest BCUT2D eigenvalue weighted by atomic mass is 16.5. The molecule has 0 spiro atoms. The Hall–Kier alpha value is -0.370. The molecule has 0 unspecified atom stereocenters. The largest absolute Gasteiger partial charge is 0.382 e. The topological polar surface area (TPSA) is 21.6 Å². The standard InChI is InChI=1S/C6H13NO/c1-3-8-6-4-5-7-2/h2-6H2,1H3. The summed E-state index contributed by atoms with van der Waals surface area (Å²) in [5, 5.41) is 0. The van der Waals surface area contributed by atoms with Gasteiger partial charge in [-0.3, -0.25) is 0 Å². The Labute approximate surface area is 50.6 Å². The van der Waals surface area contributed by atoms with E-state index in [0.717, 1.165) is 26.2 Å². The van der Waals surface area contributed by atoms with Crippen LogP contribution in [0.4, 0.5) is 0 Å². The van der Waals surface area contributed by atoms with Gasteiger partial charge < -0.3 is 9.73 Å². The van der Waals surface area contributed by atoms with E-state index in [1.165, 1.54) is 0 Å². The summed E-state index contributed by atoms with van der Waals surface area (Å²) in [7, 11) is 0. The molecule has 0 heterocycles. The first kappa shape index (κ1) is 7.63. The van der Waals surface area contributed by atoms with Gasteiger partial charge in [0.1, 0.15) is 0 Å². The van der Waals surface area contributed by atoms with E-state index in [1.807, 2.05) is 6.92 Å². The molecule has 0 saturated carbocycles. The van der Waals surface area contributed by atoms with Crippen molar-refractivity contribution < 1.29 is 4.74 Å². The van der Waals surface area contributed by atoms with Crippen molar-refractivity contribution in [1.29, 1.82) is 0 Å². The summed E-state index contributed by atoms with van der Waals surface area (Å²) in [6.07, 6.45) is 0.997. The van der Waals surface area contributed by atoms with Gasteiger partial charge in [0.15, 0.2) is 0 Å². The Kier molecular flexibility index (Phi) is 6.32. The fourth-order valence-corrected chi connectivity index (χ4v) is 0.423. The van der Waals surface area contributed by atoms with E-state index in [1.54, 1.807) is 0 Å². The number of hydrogen-bond donors (Lipinski definition) is 0.